The summed E-state index contributed by atoms with van der Waals surface area (Å²) in [6.07, 6.45) is 2.04. The molecule has 0 aliphatic carbocycles. The summed E-state index contributed by atoms with van der Waals surface area (Å²) in [5.41, 5.74) is 1.73. The largest absolute Gasteiger partial charge is 0.284 e. The Labute approximate surface area is 91.6 Å². The predicted octanol–water partition coefficient (Wildman–Crippen LogP) is 2.26. The molecule has 0 unspecified atom stereocenters. The third-order valence-corrected chi connectivity index (χ3v) is 2.53. The number of benzene rings is 1. The van der Waals surface area contributed by atoms with Crippen molar-refractivity contribution in [3.63, 3.8) is 0 Å². The zero-order valence-corrected chi connectivity index (χ0v) is 10.1. The van der Waals surface area contributed by atoms with Crippen LogP contribution in [0.1, 0.15) is 19.4 Å². The first-order valence-electron chi connectivity index (χ1n) is 4.94. The summed E-state index contributed by atoms with van der Waals surface area (Å²) < 4.78 is 24.8. The molecule has 1 N–H and O–H groups in total. The summed E-state index contributed by atoms with van der Waals surface area (Å²) in [4.78, 5) is 0. The molecular formula is C11H17NO2S. The van der Waals surface area contributed by atoms with Crippen molar-refractivity contribution in [3.05, 3.63) is 29.8 Å². The van der Waals surface area contributed by atoms with Crippen LogP contribution in [0.25, 0.3) is 0 Å². The van der Waals surface area contributed by atoms with Crippen LogP contribution in [-0.4, -0.2) is 14.7 Å². The minimum atomic E-state index is -3.19. The minimum Gasteiger partial charge on any atom is -0.284 e. The van der Waals surface area contributed by atoms with Gasteiger partial charge in [0.25, 0.3) is 0 Å². The highest BCUT2D eigenvalue weighted by Gasteiger charge is 2.07. The second-order valence-electron chi connectivity index (χ2n) is 4.13. The zero-order chi connectivity index (χ0) is 11.5. The molecule has 1 aromatic carbocycles. The summed E-state index contributed by atoms with van der Waals surface area (Å²) in [6, 6.07) is 7.49. The Hall–Kier alpha value is -1.03. The Kier molecular flexibility index (Phi) is 3.74. The van der Waals surface area contributed by atoms with E-state index in [0.29, 0.717) is 11.6 Å². The summed E-state index contributed by atoms with van der Waals surface area (Å²) >= 11 is 0. The highest BCUT2D eigenvalue weighted by atomic mass is 32.2. The maximum Gasteiger partial charge on any atom is 0.229 e. The third-order valence-electron chi connectivity index (χ3n) is 1.94. The van der Waals surface area contributed by atoms with Crippen molar-refractivity contribution < 1.29 is 8.42 Å². The van der Waals surface area contributed by atoms with Crippen LogP contribution in [0.15, 0.2) is 24.3 Å². The van der Waals surface area contributed by atoms with Gasteiger partial charge >= 0.3 is 0 Å². The van der Waals surface area contributed by atoms with E-state index in [1.807, 2.05) is 18.2 Å². The number of para-hydroxylation sites is 1. The van der Waals surface area contributed by atoms with Gasteiger partial charge in [-0.1, -0.05) is 32.0 Å². The lowest BCUT2D eigenvalue weighted by molar-refractivity contribution is 0.606. The first kappa shape index (κ1) is 12.0. The predicted molar refractivity (Wildman–Crippen MR) is 63.5 cm³/mol. The molecule has 0 bridgehead atoms. The topological polar surface area (TPSA) is 46.2 Å². The molecule has 0 saturated heterocycles. The quantitative estimate of drug-likeness (QED) is 0.857. The normalized spacial score (nSPS) is 11.7. The zero-order valence-electron chi connectivity index (χ0n) is 9.32. The Balaban J connectivity index is 2.96. The Bertz CT molecular complexity index is 424. The third kappa shape index (κ3) is 4.34. The molecule has 15 heavy (non-hydrogen) atoms. The number of hydrogen-bond donors (Lipinski definition) is 1. The van der Waals surface area contributed by atoms with Crippen LogP contribution >= 0.6 is 0 Å². The van der Waals surface area contributed by atoms with E-state index in [-0.39, 0.29) is 0 Å². The Morgan fingerprint density at radius 2 is 1.87 bits per heavy atom. The van der Waals surface area contributed by atoms with Crippen molar-refractivity contribution in [2.45, 2.75) is 20.3 Å². The van der Waals surface area contributed by atoms with Crippen molar-refractivity contribution >= 4 is 15.7 Å². The fourth-order valence-electron chi connectivity index (χ4n) is 1.44. The summed E-state index contributed by atoms with van der Waals surface area (Å²) in [5, 5.41) is 0. The van der Waals surface area contributed by atoms with Gasteiger partial charge in [-0.15, -0.1) is 0 Å². The molecule has 0 saturated carbocycles. The average Bonchev–Trinajstić information content (AvgIpc) is 2.05. The molecule has 3 nitrogen and oxygen atoms in total. The van der Waals surface area contributed by atoms with Crippen LogP contribution in [0.2, 0.25) is 0 Å². The van der Waals surface area contributed by atoms with Crippen molar-refractivity contribution in [3.8, 4) is 0 Å². The first-order chi connectivity index (χ1) is 6.88. The van der Waals surface area contributed by atoms with Gasteiger partial charge in [-0.25, -0.2) is 8.42 Å². The van der Waals surface area contributed by atoms with E-state index in [1.54, 1.807) is 6.07 Å². The summed E-state index contributed by atoms with van der Waals surface area (Å²) in [7, 11) is -3.19. The van der Waals surface area contributed by atoms with Crippen LogP contribution in [0.3, 0.4) is 0 Å². The molecule has 0 fully saturated rings. The molecule has 0 spiro atoms. The lowest BCUT2D eigenvalue weighted by atomic mass is 10.0. The fraction of sp³-hybridized carbons (Fsp3) is 0.455. The standard InChI is InChI=1S/C11H17NO2S/c1-9(2)8-10-6-4-5-7-11(10)12-15(3,13)14/h4-7,9,12H,8H2,1-3H3. The van der Waals surface area contributed by atoms with Gasteiger partial charge in [0.2, 0.25) is 10.0 Å². The Morgan fingerprint density at radius 3 is 2.40 bits per heavy atom. The summed E-state index contributed by atoms with van der Waals surface area (Å²) in [5.74, 6) is 0.507. The SMILES string of the molecule is CC(C)Cc1ccccc1NS(C)(=O)=O. The molecule has 0 atom stereocenters. The van der Waals surface area contributed by atoms with E-state index in [0.717, 1.165) is 12.0 Å². The van der Waals surface area contributed by atoms with Crippen LogP contribution in [0, 0.1) is 5.92 Å². The number of anilines is 1. The van der Waals surface area contributed by atoms with Gasteiger partial charge in [0.15, 0.2) is 0 Å². The van der Waals surface area contributed by atoms with Crippen molar-refractivity contribution in [1.29, 1.82) is 0 Å². The molecule has 0 heterocycles. The van der Waals surface area contributed by atoms with Crippen molar-refractivity contribution in [1.82, 2.24) is 0 Å². The average molecular weight is 227 g/mol. The van der Waals surface area contributed by atoms with Crippen molar-refractivity contribution in [2.75, 3.05) is 11.0 Å². The highest BCUT2D eigenvalue weighted by Crippen LogP contribution is 2.19. The fourth-order valence-corrected chi connectivity index (χ4v) is 2.04. The van der Waals surface area contributed by atoms with Gasteiger partial charge in [0, 0.05) is 0 Å². The Morgan fingerprint density at radius 1 is 1.27 bits per heavy atom. The van der Waals surface area contributed by atoms with E-state index in [9.17, 15) is 8.42 Å². The van der Waals surface area contributed by atoms with E-state index in [4.69, 9.17) is 0 Å². The van der Waals surface area contributed by atoms with E-state index in [2.05, 4.69) is 18.6 Å². The van der Waals surface area contributed by atoms with Gasteiger partial charge in [0.05, 0.1) is 11.9 Å². The monoisotopic (exact) mass is 227 g/mol. The van der Waals surface area contributed by atoms with Crippen LogP contribution in [-0.2, 0) is 16.4 Å². The molecule has 4 heteroatoms. The molecule has 0 radical (unpaired) electrons. The van der Waals surface area contributed by atoms with E-state index < -0.39 is 10.0 Å². The first-order valence-corrected chi connectivity index (χ1v) is 6.83. The molecule has 0 amide bonds. The second kappa shape index (κ2) is 4.66. The number of sulfonamides is 1. The lowest BCUT2D eigenvalue weighted by Gasteiger charge is -2.11. The van der Waals surface area contributed by atoms with Crippen molar-refractivity contribution in [2.24, 2.45) is 5.92 Å². The van der Waals surface area contributed by atoms with E-state index >= 15 is 0 Å². The number of rotatable bonds is 4. The molecular weight excluding hydrogens is 210 g/mol. The van der Waals surface area contributed by atoms with Crippen LogP contribution < -0.4 is 4.72 Å². The number of nitrogens with one attached hydrogen (secondary N) is 1. The van der Waals surface area contributed by atoms with Crippen LogP contribution in [0.5, 0.6) is 0 Å². The maximum atomic E-state index is 11.1. The smallest absolute Gasteiger partial charge is 0.229 e. The van der Waals surface area contributed by atoms with Gasteiger partial charge in [-0.05, 0) is 24.0 Å². The molecule has 0 aromatic heterocycles. The lowest BCUT2D eigenvalue weighted by Crippen LogP contribution is -2.11. The molecule has 0 aliphatic rings. The second-order valence-corrected chi connectivity index (χ2v) is 5.88. The van der Waals surface area contributed by atoms with Gasteiger partial charge in [0.1, 0.15) is 0 Å². The molecule has 0 aliphatic heterocycles. The molecule has 1 aromatic rings. The van der Waals surface area contributed by atoms with Gasteiger partial charge in [-0.3, -0.25) is 4.72 Å². The number of hydrogen-bond acceptors (Lipinski definition) is 2. The molecule has 84 valence electrons. The maximum absolute atomic E-state index is 11.1. The van der Waals surface area contributed by atoms with E-state index in [1.165, 1.54) is 6.26 Å². The van der Waals surface area contributed by atoms with Crippen LogP contribution in [0.4, 0.5) is 5.69 Å². The van der Waals surface area contributed by atoms with Gasteiger partial charge in [-0.2, -0.15) is 0 Å². The molecule has 1 rings (SSSR count). The van der Waals surface area contributed by atoms with Gasteiger partial charge < -0.3 is 0 Å². The summed E-state index contributed by atoms with van der Waals surface area (Å²) in [6.45, 7) is 4.22. The minimum absolute atomic E-state index is 0.507. The highest BCUT2D eigenvalue weighted by molar-refractivity contribution is 7.92.